The van der Waals surface area contributed by atoms with E-state index in [4.69, 9.17) is 0 Å². The van der Waals surface area contributed by atoms with Gasteiger partial charge in [-0.25, -0.2) is 0 Å². The third-order valence-corrected chi connectivity index (χ3v) is 5.04. The molecule has 0 aliphatic carbocycles. The molecule has 2 aromatic rings. The van der Waals surface area contributed by atoms with Crippen LogP contribution in [0.2, 0.25) is 0 Å². The van der Waals surface area contributed by atoms with Gasteiger partial charge in [0.25, 0.3) is 0 Å². The number of rotatable bonds is 8. The zero-order chi connectivity index (χ0) is 19.8. The van der Waals surface area contributed by atoms with Gasteiger partial charge < -0.3 is 10.2 Å². The molecule has 27 heavy (non-hydrogen) atoms. The molecule has 4 heteroatoms. The van der Waals surface area contributed by atoms with Crippen LogP contribution in [-0.4, -0.2) is 36.3 Å². The highest BCUT2D eigenvalue weighted by atomic mass is 16.2. The first-order valence-electron chi connectivity index (χ1n) is 9.57. The summed E-state index contributed by atoms with van der Waals surface area (Å²) in [5, 5.41) is 2.70. The van der Waals surface area contributed by atoms with Crippen molar-refractivity contribution in [3.63, 3.8) is 0 Å². The smallest absolute Gasteiger partial charge is 0.242 e. The summed E-state index contributed by atoms with van der Waals surface area (Å²) < 4.78 is 0. The molecule has 4 nitrogen and oxygen atoms in total. The number of benzene rings is 2. The van der Waals surface area contributed by atoms with Crippen LogP contribution in [0.1, 0.15) is 35.6 Å². The fourth-order valence-corrected chi connectivity index (χ4v) is 3.25. The second kappa shape index (κ2) is 9.91. The number of carbonyl (C=O) groups is 2. The van der Waals surface area contributed by atoms with Gasteiger partial charge in [-0.2, -0.15) is 0 Å². The van der Waals surface area contributed by atoms with Gasteiger partial charge in [-0.15, -0.1) is 0 Å². The summed E-state index contributed by atoms with van der Waals surface area (Å²) >= 11 is 0. The predicted octanol–water partition coefficient (Wildman–Crippen LogP) is 3.44. The fourth-order valence-electron chi connectivity index (χ4n) is 3.25. The van der Waals surface area contributed by atoms with Gasteiger partial charge in [0.2, 0.25) is 11.8 Å². The second-order valence-corrected chi connectivity index (χ2v) is 6.96. The van der Waals surface area contributed by atoms with Crippen LogP contribution in [0.5, 0.6) is 0 Å². The number of hydrogen-bond acceptors (Lipinski definition) is 2. The van der Waals surface area contributed by atoms with Gasteiger partial charge in [0.05, 0.1) is 6.42 Å². The van der Waals surface area contributed by atoms with Gasteiger partial charge >= 0.3 is 0 Å². The Kier molecular flexibility index (Phi) is 7.59. The number of likely N-dealkylation sites (N-methyl/N-ethyl adjacent to an activating group) is 1. The monoisotopic (exact) mass is 366 g/mol. The summed E-state index contributed by atoms with van der Waals surface area (Å²) in [5.41, 5.74) is 4.53. The molecule has 2 aromatic carbocycles. The van der Waals surface area contributed by atoms with Crippen molar-refractivity contribution in [1.82, 2.24) is 10.2 Å². The van der Waals surface area contributed by atoms with Gasteiger partial charge in [0.1, 0.15) is 6.04 Å². The summed E-state index contributed by atoms with van der Waals surface area (Å²) in [5.74, 6) is -0.122. The minimum atomic E-state index is -0.447. The first-order valence-corrected chi connectivity index (χ1v) is 9.57. The molecular formula is C23H30N2O2. The Labute approximate surface area is 162 Å². The molecule has 0 heterocycles. The van der Waals surface area contributed by atoms with Gasteiger partial charge in [0, 0.05) is 13.6 Å². The van der Waals surface area contributed by atoms with Crippen molar-refractivity contribution in [2.75, 3.05) is 13.6 Å². The molecule has 0 saturated carbocycles. The molecule has 2 rings (SSSR count). The van der Waals surface area contributed by atoms with Crippen molar-refractivity contribution >= 4 is 11.8 Å². The van der Waals surface area contributed by atoms with Crippen molar-refractivity contribution in [3.8, 4) is 0 Å². The summed E-state index contributed by atoms with van der Waals surface area (Å²) in [6.45, 7) is 6.58. The van der Waals surface area contributed by atoms with Crippen molar-refractivity contribution in [1.29, 1.82) is 0 Å². The van der Waals surface area contributed by atoms with Crippen LogP contribution in [0.4, 0.5) is 0 Å². The standard InChI is InChI=1S/C23H30N2O2/c1-5-21(23(27)24-4)25(14-13-19-9-7-6-8-10-19)22(26)16-20-12-11-17(2)18(3)15-20/h6-12,15,21H,5,13-14,16H2,1-4H3,(H,24,27). The van der Waals surface area contributed by atoms with Crippen LogP contribution in [0.3, 0.4) is 0 Å². The Balaban J connectivity index is 2.19. The molecule has 0 fully saturated rings. The highest BCUT2D eigenvalue weighted by Gasteiger charge is 2.27. The molecule has 0 aliphatic heterocycles. The summed E-state index contributed by atoms with van der Waals surface area (Å²) in [7, 11) is 1.62. The number of amides is 2. The molecule has 144 valence electrons. The van der Waals surface area contributed by atoms with Gasteiger partial charge in [0.15, 0.2) is 0 Å². The van der Waals surface area contributed by atoms with Crippen molar-refractivity contribution in [2.24, 2.45) is 0 Å². The first kappa shape index (κ1) is 20.7. The Hall–Kier alpha value is -2.62. The Morgan fingerprint density at radius 2 is 1.70 bits per heavy atom. The van der Waals surface area contributed by atoms with E-state index in [0.29, 0.717) is 19.4 Å². The summed E-state index contributed by atoms with van der Waals surface area (Å²) in [4.78, 5) is 27.2. The predicted molar refractivity (Wildman–Crippen MR) is 110 cm³/mol. The molecule has 2 amide bonds. The molecule has 0 spiro atoms. The van der Waals surface area contributed by atoms with Crippen LogP contribution in [0, 0.1) is 13.8 Å². The van der Waals surface area contributed by atoms with E-state index in [2.05, 4.69) is 25.2 Å². The SMILES string of the molecule is CCC(C(=O)NC)N(CCc1ccccc1)C(=O)Cc1ccc(C)c(C)c1. The van der Waals surface area contributed by atoms with E-state index < -0.39 is 6.04 Å². The largest absolute Gasteiger partial charge is 0.357 e. The van der Waals surface area contributed by atoms with Crippen molar-refractivity contribution in [2.45, 2.75) is 46.1 Å². The lowest BCUT2D eigenvalue weighted by molar-refractivity contribution is -0.140. The van der Waals surface area contributed by atoms with Gasteiger partial charge in [-0.3, -0.25) is 9.59 Å². The van der Waals surface area contributed by atoms with E-state index in [9.17, 15) is 9.59 Å². The quantitative estimate of drug-likeness (QED) is 0.778. The average Bonchev–Trinajstić information content (AvgIpc) is 2.68. The maximum absolute atomic E-state index is 13.1. The highest BCUT2D eigenvalue weighted by molar-refractivity contribution is 5.88. The zero-order valence-corrected chi connectivity index (χ0v) is 16.8. The molecule has 0 aromatic heterocycles. The van der Waals surface area contributed by atoms with Crippen LogP contribution < -0.4 is 5.32 Å². The fraction of sp³-hybridized carbons (Fsp3) is 0.391. The minimum absolute atomic E-state index is 0.00960. The van der Waals surface area contributed by atoms with E-state index in [-0.39, 0.29) is 11.8 Å². The molecule has 0 bridgehead atoms. The van der Waals surface area contributed by atoms with Gasteiger partial charge in [-0.05, 0) is 48.9 Å². The van der Waals surface area contributed by atoms with E-state index >= 15 is 0 Å². The Morgan fingerprint density at radius 3 is 2.30 bits per heavy atom. The van der Waals surface area contributed by atoms with E-state index in [1.807, 2.05) is 49.4 Å². The lowest BCUT2D eigenvalue weighted by Crippen LogP contribution is -2.49. The molecule has 1 N–H and O–H groups in total. The van der Waals surface area contributed by atoms with E-state index in [0.717, 1.165) is 17.5 Å². The number of aryl methyl sites for hydroxylation is 2. The average molecular weight is 367 g/mol. The highest BCUT2D eigenvalue weighted by Crippen LogP contribution is 2.14. The van der Waals surface area contributed by atoms with Crippen LogP contribution >= 0.6 is 0 Å². The number of carbonyl (C=O) groups excluding carboxylic acids is 2. The number of nitrogens with one attached hydrogen (secondary N) is 1. The van der Waals surface area contributed by atoms with Crippen molar-refractivity contribution < 1.29 is 9.59 Å². The van der Waals surface area contributed by atoms with Gasteiger partial charge in [-0.1, -0.05) is 55.5 Å². The molecule has 0 radical (unpaired) electrons. The maximum atomic E-state index is 13.1. The van der Waals surface area contributed by atoms with Crippen molar-refractivity contribution in [3.05, 3.63) is 70.8 Å². The first-order chi connectivity index (χ1) is 13.0. The summed E-state index contributed by atoms with van der Waals surface area (Å²) in [6, 6.07) is 15.7. The van der Waals surface area contributed by atoms with E-state index in [1.165, 1.54) is 11.1 Å². The third-order valence-electron chi connectivity index (χ3n) is 5.04. The molecule has 0 saturated heterocycles. The van der Waals surface area contributed by atoms with Crippen LogP contribution in [-0.2, 0) is 22.4 Å². The molecule has 0 aliphatic rings. The lowest BCUT2D eigenvalue weighted by Gasteiger charge is -2.30. The molecular weight excluding hydrogens is 336 g/mol. The number of nitrogens with zero attached hydrogens (tertiary/aromatic N) is 1. The zero-order valence-electron chi connectivity index (χ0n) is 16.8. The lowest BCUT2D eigenvalue weighted by atomic mass is 10.0. The third kappa shape index (κ3) is 5.68. The summed E-state index contributed by atoms with van der Waals surface area (Å²) in [6.07, 6.45) is 1.63. The molecule has 1 atom stereocenters. The maximum Gasteiger partial charge on any atom is 0.242 e. The van der Waals surface area contributed by atoms with Crippen LogP contribution in [0.25, 0.3) is 0 Å². The number of hydrogen-bond donors (Lipinski definition) is 1. The minimum Gasteiger partial charge on any atom is -0.357 e. The van der Waals surface area contributed by atoms with Crippen LogP contribution in [0.15, 0.2) is 48.5 Å². The Bertz CT molecular complexity index is 771. The second-order valence-electron chi connectivity index (χ2n) is 6.96. The van der Waals surface area contributed by atoms with E-state index in [1.54, 1.807) is 11.9 Å². The normalized spacial score (nSPS) is 11.7. The Morgan fingerprint density at radius 1 is 1.00 bits per heavy atom. The topological polar surface area (TPSA) is 49.4 Å². The molecule has 1 unspecified atom stereocenters.